The van der Waals surface area contributed by atoms with Crippen LogP contribution in [0.1, 0.15) is 18.1 Å². The highest BCUT2D eigenvalue weighted by Gasteiger charge is 2.12. The molecule has 4 nitrogen and oxygen atoms in total. The van der Waals surface area contributed by atoms with Crippen LogP contribution < -0.4 is 5.32 Å². The van der Waals surface area contributed by atoms with E-state index in [1.54, 1.807) is 19.9 Å². The van der Waals surface area contributed by atoms with E-state index in [9.17, 15) is 9.18 Å². The third-order valence-corrected chi connectivity index (χ3v) is 2.65. The summed E-state index contributed by atoms with van der Waals surface area (Å²) >= 11 is 0. The first-order chi connectivity index (χ1) is 9.47. The van der Waals surface area contributed by atoms with Crippen molar-refractivity contribution in [3.63, 3.8) is 0 Å². The standard InChI is InChI=1S/C15H17FN2O2/c1-10-6-12(4-5-14(10)16)7-13(8-17)15(19)18-11(2)9-20-3/h4-7,11H,9H2,1-3H3,(H,18,19)/b13-7+. The minimum absolute atomic E-state index is 0.0287. The zero-order chi connectivity index (χ0) is 15.1. The van der Waals surface area contributed by atoms with Crippen molar-refractivity contribution in [3.8, 4) is 6.07 Å². The Labute approximate surface area is 117 Å². The van der Waals surface area contributed by atoms with E-state index in [1.807, 2.05) is 6.07 Å². The maximum Gasteiger partial charge on any atom is 0.262 e. The van der Waals surface area contributed by atoms with Gasteiger partial charge >= 0.3 is 0 Å². The summed E-state index contributed by atoms with van der Waals surface area (Å²) in [5.74, 6) is -0.794. The zero-order valence-electron chi connectivity index (χ0n) is 11.7. The summed E-state index contributed by atoms with van der Waals surface area (Å²) in [7, 11) is 1.53. The quantitative estimate of drug-likeness (QED) is 0.662. The molecule has 0 aliphatic heterocycles. The van der Waals surface area contributed by atoms with E-state index in [-0.39, 0.29) is 17.4 Å². The Morgan fingerprint density at radius 3 is 2.85 bits per heavy atom. The Balaban J connectivity index is 2.89. The van der Waals surface area contributed by atoms with E-state index in [4.69, 9.17) is 10.00 Å². The molecule has 0 aromatic heterocycles. The van der Waals surface area contributed by atoms with E-state index >= 15 is 0 Å². The van der Waals surface area contributed by atoms with Crippen LogP contribution in [0.5, 0.6) is 0 Å². The fraction of sp³-hybridized carbons (Fsp3) is 0.333. The van der Waals surface area contributed by atoms with Crippen molar-refractivity contribution in [2.24, 2.45) is 0 Å². The summed E-state index contributed by atoms with van der Waals surface area (Å²) in [6.45, 7) is 3.76. The first-order valence-corrected chi connectivity index (χ1v) is 6.15. The van der Waals surface area contributed by atoms with E-state index in [2.05, 4.69) is 5.32 Å². The van der Waals surface area contributed by atoms with Crippen molar-refractivity contribution in [1.82, 2.24) is 5.32 Å². The lowest BCUT2D eigenvalue weighted by molar-refractivity contribution is -0.117. The molecule has 1 N–H and O–H groups in total. The van der Waals surface area contributed by atoms with E-state index in [0.717, 1.165) is 0 Å². The average Bonchev–Trinajstić information content (AvgIpc) is 2.40. The molecule has 1 rings (SSSR count). The summed E-state index contributed by atoms with van der Waals surface area (Å²) in [6.07, 6.45) is 1.43. The molecule has 0 spiro atoms. The molecule has 0 saturated heterocycles. The first-order valence-electron chi connectivity index (χ1n) is 6.15. The van der Waals surface area contributed by atoms with Crippen LogP contribution in [0.2, 0.25) is 0 Å². The lowest BCUT2D eigenvalue weighted by Crippen LogP contribution is -2.36. The van der Waals surface area contributed by atoms with Gasteiger partial charge in [0.2, 0.25) is 0 Å². The largest absolute Gasteiger partial charge is 0.383 e. The topological polar surface area (TPSA) is 62.1 Å². The molecule has 0 heterocycles. The number of nitrogens with one attached hydrogen (secondary N) is 1. The molecule has 1 atom stereocenters. The van der Waals surface area contributed by atoms with Crippen LogP contribution in [0.4, 0.5) is 4.39 Å². The molecule has 1 unspecified atom stereocenters. The van der Waals surface area contributed by atoms with Gasteiger partial charge in [-0.15, -0.1) is 0 Å². The molecule has 0 aliphatic rings. The number of benzene rings is 1. The second kappa shape index (κ2) is 7.41. The number of aryl methyl sites for hydroxylation is 1. The van der Waals surface area contributed by atoms with Gasteiger partial charge in [-0.25, -0.2) is 4.39 Å². The number of rotatable bonds is 5. The fourth-order valence-corrected chi connectivity index (χ4v) is 1.67. The van der Waals surface area contributed by atoms with Crippen LogP contribution >= 0.6 is 0 Å². The SMILES string of the molecule is COCC(C)NC(=O)/C(C#N)=C/c1ccc(F)c(C)c1. The fourth-order valence-electron chi connectivity index (χ4n) is 1.67. The van der Waals surface area contributed by atoms with Crippen molar-refractivity contribution < 1.29 is 13.9 Å². The molecular formula is C15H17FN2O2. The third kappa shape index (κ3) is 4.48. The van der Waals surface area contributed by atoms with E-state index < -0.39 is 5.91 Å². The van der Waals surface area contributed by atoms with Gasteiger partial charge < -0.3 is 10.1 Å². The number of methoxy groups -OCH3 is 1. The highest BCUT2D eigenvalue weighted by molar-refractivity contribution is 6.01. The predicted molar refractivity (Wildman–Crippen MR) is 74.2 cm³/mol. The van der Waals surface area contributed by atoms with Crippen molar-refractivity contribution in [3.05, 3.63) is 40.7 Å². The van der Waals surface area contributed by atoms with E-state index in [1.165, 1.54) is 25.3 Å². The summed E-state index contributed by atoms with van der Waals surface area (Å²) in [4.78, 5) is 11.9. The summed E-state index contributed by atoms with van der Waals surface area (Å²) < 4.78 is 18.1. The Morgan fingerprint density at radius 2 is 2.30 bits per heavy atom. The monoisotopic (exact) mass is 276 g/mol. The van der Waals surface area contributed by atoms with Gasteiger partial charge in [0.1, 0.15) is 17.5 Å². The molecule has 106 valence electrons. The Bertz CT molecular complexity index is 561. The Kier molecular flexibility index (Phi) is 5.88. The van der Waals surface area contributed by atoms with Crippen LogP contribution in [0, 0.1) is 24.1 Å². The van der Waals surface area contributed by atoms with Gasteiger partial charge in [0, 0.05) is 13.2 Å². The number of hydrogen-bond acceptors (Lipinski definition) is 3. The van der Waals surface area contributed by atoms with Crippen molar-refractivity contribution in [2.45, 2.75) is 19.9 Å². The van der Waals surface area contributed by atoms with Gasteiger partial charge in [0.15, 0.2) is 0 Å². The minimum Gasteiger partial charge on any atom is -0.383 e. The smallest absolute Gasteiger partial charge is 0.262 e. The minimum atomic E-state index is -0.473. The number of hydrogen-bond donors (Lipinski definition) is 1. The van der Waals surface area contributed by atoms with Crippen molar-refractivity contribution in [1.29, 1.82) is 5.26 Å². The molecule has 1 amide bonds. The number of nitriles is 1. The maximum absolute atomic E-state index is 13.2. The predicted octanol–water partition coefficient (Wildman–Crippen LogP) is 2.19. The van der Waals surface area contributed by atoms with Crippen molar-refractivity contribution >= 4 is 12.0 Å². The van der Waals surface area contributed by atoms with Gasteiger partial charge in [-0.3, -0.25) is 4.79 Å². The lowest BCUT2D eigenvalue weighted by atomic mass is 10.1. The number of carbonyl (C=O) groups excluding carboxylic acids is 1. The molecule has 0 radical (unpaired) electrons. The lowest BCUT2D eigenvalue weighted by Gasteiger charge is -2.12. The third-order valence-electron chi connectivity index (χ3n) is 2.65. The number of amides is 1. The second-order valence-corrected chi connectivity index (χ2v) is 4.51. The molecular weight excluding hydrogens is 259 g/mol. The molecule has 0 saturated carbocycles. The summed E-state index contributed by atoms with van der Waals surface area (Å²) in [6, 6.07) is 6.06. The van der Waals surface area contributed by atoms with Crippen molar-refractivity contribution in [2.75, 3.05) is 13.7 Å². The Hall–Kier alpha value is -2.19. The van der Waals surface area contributed by atoms with Gasteiger partial charge in [-0.05, 0) is 43.2 Å². The molecule has 0 fully saturated rings. The Morgan fingerprint density at radius 1 is 1.60 bits per heavy atom. The first kappa shape index (κ1) is 15.9. The second-order valence-electron chi connectivity index (χ2n) is 4.51. The van der Waals surface area contributed by atoms with Gasteiger partial charge in [-0.2, -0.15) is 5.26 Å². The average molecular weight is 276 g/mol. The van der Waals surface area contributed by atoms with E-state index in [0.29, 0.717) is 17.7 Å². The molecule has 20 heavy (non-hydrogen) atoms. The van der Waals surface area contributed by atoms with Crippen LogP contribution in [0.15, 0.2) is 23.8 Å². The highest BCUT2D eigenvalue weighted by atomic mass is 19.1. The number of carbonyl (C=O) groups is 1. The maximum atomic E-state index is 13.2. The van der Waals surface area contributed by atoms with Crippen LogP contribution in [-0.2, 0) is 9.53 Å². The summed E-state index contributed by atoms with van der Waals surface area (Å²) in [5.41, 5.74) is 1.04. The summed E-state index contributed by atoms with van der Waals surface area (Å²) in [5, 5.41) is 11.7. The number of nitrogens with zero attached hydrogens (tertiary/aromatic N) is 1. The van der Waals surface area contributed by atoms with Gasteiger partial charge in [-0.1, -0.05) is 6.07 Å². The van der Waals surface area contributed by atoms with Crippen LogP contribution in [-0.4, -0.2) is 25.7 Å². The zero-order valence-corrected chi connectivity index (χ0v) is 11.7. The molecule has 0 aliphatic carbocycles. The highest BCUT2D eigenvalue weighted by Crippen LogP contribution is 2.12. The van der Waals surface area contributed by atoms with Crippen LogP contribution in [0.25, 0.3) is 6.08 Å². The molecule has 1 aromatic rings. The normalized spacial score (nSPS) is 12.7. The van der Waals surface area contributed by atoms with Crippen LogP contribution in [0.3, 0.4) is 0 Å². The molecule has 0 bridgehead atoms. The van der Waals surface area contributed by atoms with Gasteiger partial charge in [0.05, 0.1) is 6.61 Å². The molecule has 1 aromatic carbocycles. The number of ether oxygens (including phenoxy) is 1. The van der Waals surface area contributed by atoms with Gasteiger partial charge in [0.25, 0.3) is 5.91 Å². The number of halogens is 1. The molecule has 5 heteroatoms.